The molecule has 0 atom stereocenters. The topological polar surface area (TPSA) is 30.7 Å². The van der Waals surface area contributed by atoms with Gasteiger partial charge in [-0.1, -0.05) is 60.7 Å². The van der Waals surface area contributed by atoms with Crippen LogP contribution in [-0.4, -0.2) is 14.8 Å². The number of hydrogen-bond acceptors (Lipinski definition) is 2. The number of benzene rings is 2. The average Bonchev–Trinajstić information content (AvgIpc) is 3.29. The summed E-state index contributed by atoms with van der Waals surface area (Å²) in [6.07, 6.45) is 4.36. The van der Waals surface area contributed by atoms with Gasteiger partial charge in [-0.05, 0) is 24.0 Å². The molecule has 4 rings (SSSR count). The van der Waals surface area contributed by atoms with E-state index in [4.69, 9.17) is 0 Å². The van der Waals surface area contributed by atoms with E-state index in [-0.39, 0.29) is 5.92 Å². The molecule has 1 aromatic heterocycles. The zero-order valence-corrected chi connectivity index (χ0v) is 11.8. The molecule has 0 spiro atoms. The van der Waals surface area contributed by atoms with Crippen molar-refractivity contribution in [1.82, 2.24) is 14.8 Å². The van der Waals surface area contributed by atoms with Crippen molar-refractivity contribution in [3.63, 3.8) is 0 Å². The lowest BCUT2D eigenvalue weighted by Crippen LogP contribution is -2.11. The first-order valence-electron chi connectivity index (χ1n) is 7.43. The predicted octanol–water partition coefficient (Wildman–Crippen LogP) is 3.79. The zero-order chi connectivity index (χ0) is 14.1. The summed E-state index contributed by atoms with van der Waals surface area (Å²) in [5.74, 6) is 1.20. The van der Waals surface area contributed by atoms with E-state index in [1.54, 1.807) is 0 Å². The Balaban J connectivity index is 1.85. The highest BCUT2D eigenvalue weighted by atomic mass is 15.3. The molecule has 1 saturated carbocycles. The molecule has 1 fully saturated rings. The van der Waals surface area contributed by atoms with Crippen LogP contribution in [0.4, 0.5) is 0 Å². The van der Waals surface area contributed by atoms with Crippen molar-refractivity contribution in [3.05, 3.63) is 83.9 Å². The van der Waals surface area contributed by atoms with Crippen LogP contribution in [0.1, 0.15) is 41.8 Å². The maximum atomic E-state index is 4.44. The van der Waals surface area contributed by atoms with Gasteiger partial charge in [-0.25, -0.2) is 0 Å². The third-order valence-electron chi connectivity index (χ3n) is 4.07. The Morgan fingerprint density at radius 3 is 1.95 bits per heavy atom. The van der Waals surface area contributed by atoms with Gasteiger partial charge in [-0.3, -0.25) is 0 Å². The van der Waals surface area contributed by atoms with Crippen LogP contribution in [0.5, 0.6) is 0 Å². The Labute approximate surface area is 124 Å². The van der Waals surface area contributed by atoms with E-state index < -0.39 is 0 Å². The van der Waals surface area contributed by atoms with Gasteiger partial charge in [0.25, 0.3) is 0 Å². The molecule has 0 bridgehead atoms. The maximum Gasteiger partial charge on any atom is 0.145 e. The Bertz CT molecular complexity index is 675. The van der Waals surface area contributed by atoms with Crippen molar-refractivity contribution < 1.29 is 0 Å². The zero-order valence-electron chi connectivity index (χ0n) is 11.8. The van der Waals surface area contributed by atoms with Crippen molar-refractivity contribution in [2.45, 2.75) is 24.8 Å². The van der Waals surface area contributed by atoms with Crippen LogP contribution >= 0.6 is 0 Å². The van der Waals surface area contributed by atoms with Gasteiger partial charge in [0, 0.05) is 6.04 Å². The second-order valence-electron chi connectivity index (χ2n) is 5.58. The van der Waals surface area contributed by atoms with E-state index in [0.717, 1.165) is 5.82 Å². The molecule has 1 aliphatic carbocycles. The predicted molar refractivity (Wildman–Crippen MR) is 82.1 cm³/mol. The van der Waals surface area contributed by atoms with Crippen LogP contribution < -0.4 is 0 Å². The Morgan fingerprint density at radius 1 is 0.857 bits per heavy atom. The number of rotatable bonds is 4. The fourth-order valence-electron chi connectivity index (χ4n) is 2.87. The first kappa shape index (κ1) is 12.3. The van der Waals surface area contributed by atoms with E-state index in [2.05, 4.69) is 75.4 Å². The minimum Gasteiger partial charge on any atom is -0.314 e. The normalized spacial score (nSPS) is 14.5. The van der Waals surface area contributed by atoms with Gasteiger partial charge in [0.15, 0.2) is 0 Å². The molecule has 0 N–H and O–H groups in total. The summed E-state index contributed by atoms with van der Waals surface area (Å²) in [7, 11) is 0. The molecule has 0 radical (unpaired) electrons. The highest BCUT2D eigenvalue weighted by Crippen LogP contribution is 2.39. The van der Waals surface area contributed by atoms with Gasteiger partial charge >= 0.3 is 0 Å². The summed E-state index contributed by atoms with van der Waals surface area (Å²) in [5, 5.41) is 8.61. The molecule has 0 unspecified atom stereocenters. The molecule has 21 heavy (non-hydrogen) atoms. The fraction of sp³-hybridized carbons (Fsp3) is 0.222. The quantitative estimate of drug-likeness (QED) is 0.725. The first-order chi connectivity index (χ1) is 10.4. The van der Waals surface area contributed by atoms with Gasteiger partial charge in [0.2, 0.25) is 0 Å². The lowest BCUT2D eigenvalue weighted by Gasteiger charge is -2.18. The SMILES string of the molecule is c1ccc(C(c2ccccc2)c2nncn2C2CC2)cc1. The summed E-state index contributed by atoms with van der Waals surface area (Å²) >= 11 is 0. The Hall–Kier alpha value is -2.42. The number of hydrogen-bond donors (Lipinski definition) is 0. The molecule has 3 nitrogen and oxygen atoms in total. The molecular formula is C18H17N3. The molecule has 0 amide bonds. The van der Waals surface area contributed by atoms with Crippen LogP contribution in [0.3, 0.4) is 0 Å². The van der Waals surface area contributed by atoms with Crippen molar-refractivity contribution >= 4 is 0 Å². The second-order valence-corrected chi connectivity index (χ2v) is 5.58. The van der Waals surface area contributed by atoms with Crippen LogP contribution in [0.2, 0.25) is 0 Å². The minimum atomic E-state index is 0.149. The van der Waals surface area contributed by atoms with Crippen molar-refractivity contribution in [2.75, 3.05) is 0 Å². The Morgan fingerprint density at radius 2 is 1.43 bits per heavy atom. The van der Waals surface area contributed by atoms with E-state index in [1.807, 2.05) is 6.33 Å². The third-order valence-corrected chi connectivity index (χ3v) is 4.07. The van der Waals surface area contributed by atoms with E-state index in [9.17, 15) is 0 Å². The van der Waals surface area contributed by atoms with Crippen LogP contribution in [0.25, 0.3) is 0 Å². The highest BCUT2D eigenvalue weighted by molar-refractivity contribution is 5.38. The maximum absolute atomic E-state index is 4.44. The number of nitrogens with zero attached hydrogens (tertiary/aromatic N) is 3. The average molecular weight is 275 g/mol. The molecular weight excluding hydrogens is 258 g/mol. The molecule has 1 aliphatic rings. The van der Waals surface area contributed by atoms with Gasteiger partial charge < -0.3 is 4.57 Å². The van der Waals surface area contributed by atoms with Gasteiger partial charge in [0.1, 0.15) is 12.2 Å². The summed E-state index contributed by atoms with van der Waals surface area (Å²) in [5.41, 5.74) is 2.53. The summed E-state index contributed by atoms with van der Waals surface area (Å²) < 4.78 is 2.25. The lowest BCUT2D eigenvalue weighted by atomic mass is 9.90. The highest BCUT2D eigenvalue weighted by Gasteiger charge is 2.30. The monoisotopic (exact) mass is 275 g/mol. The fourth-order valence-corrected chi connectivity index (χ4v) is 2.87. The second kappa shape index (κ2) is 5.17. The van der Waals surface area contributed by atoms with Crippen LogP contribution in [0.15, 0.2) is 67.0 Å². The van der Waals surface area contributed by atoms with Gasteiger partial charge in [-0.2, -0.15) is 0 Å². The van der Waals surface area contributed by atoms with Crippen molar-refractivity contribution in [3.8, 4) is 0 Å². The van der Waals surface area contributed by atoms with Gasteiger partial charge in [-0.15, -0.1) is 10.2 Å². The summed E-state index contributed by atoms with van der Waals surface area (Å²) in [6, 6.07) is 21.7. The smallest absolute Gasteiger partial charge is 0.145 e. The lowest BCUT2D eigenvalue weighted by molar-refractivity contribution is 0.668. The van der Waals surface area contributed by atoms with Crippen LogP contribution in [0, 0.1) is 0 Å². The molecule has 0 saturated heterocycles. The molecule has 104 valence electrons. The van der Waals surface area contributed by atoms with Gasteiger partial charge in [0.05, 0.1) is 5.92 Å². The molecule has 2 aromatic carbocycles. The number of aromatic nitrogens is 3. The van der Waals surface area contributed by atoms with E-state index >= 15 is 0 Å². The van der Waals surface area contributed by atoms with Crippen molar-refractivity contribution in [1.29, 1.82) is 0 Å². The van der Waals surface area contributed by atoms with Crippen molar-refractivity contribution in [2.24, 2.45) is 0 Å². The molecule has 0 aliphatic heterocycles. The van der Waals surface area contributed by atoms with E-state index in [0.29, 0.717) is 6.04 Å². The van der Waals surface area contributed by atoms with Crippen LogP contribution in [-0.2, 0) is 0 Å². The molecule has 1 heterocycles. The summed E-state index contributed by atoms with van der Waals surface area (Å²) in [4.78, 5) is 0. The first-order valence-corrected chi connectivity index (χ1v) is 7.43. The standard InChI is InChI=1S/C18H17N3/c1-3-7-14(8-4-1)17(15-9-5-2-6-10-15)18-20-19-13-21(18)16-11-12-16/h1-10,13,16-17H,11-12H2. The molecule has 3 heteroatoms. The Kier molecular flexibility index (Phi) is 3.03. The molecule has 3 aromatic rings. The summed E-state index contributed by atoms with van der Waals surface area (Å²) in [6.45, 7) is 0. The minimum absolute atomic E-state index is 0.149. The van der Waals surface area contributed by atoms with E-state index in [1.165, 1.54) is 24.0 Å². The third kappa shape index (κ3) is 2.35. The largest absolute Gasteiger partial charge is 0.314 e.